The van der Waals surface area contributed by atoms with Gasteiger partial charge in [-0.05, 0) is 155 Å². The summed E-state index contributed by atoms with van der Waals surface area (Å²) in [5.41, 5.74) is 20.3. The van der Waals surface area contributed by atoms with Gasteiger partial charge < -0.3 is 92.9 Å². The van der Waals surface area contributed by atoms with E-state index >= 15 is 0 Å². The number of Topliss-reactive ketones (excluding diaryl/α,β-unsaturated/α-hetero) is 2. The Morgan fingerprint density at radius 1 is 0.678 bits per heavy atom. The van der Waals surface area contributed by atoms with Crippen LogP contribution in [0.5, 0.6) is 0 Å². The van der Waals surface area contributed by atoms with E-state index in [0.29, 0.717) is 254 Å². The van der Waals surface area contributed by atoms with Crippen LogP contribution in [0.4, 0.5) is 16.6 Å². The minimum absolute atomic E-state index is 0.0460. The molecule has 2 unspecified atom stereocenters. The summed E-state index contributed by atoms with van der Waals surface area (Å²) in [7, 11) is 3.26. The number of nitrogens with two attached hydrogens (primary N) is 2. The van der Waals surface area contributed by atoms with E-state index in [1.807, 2.05) is 66.8 Å². The average molecular weight is 1690 g/mol. The second kappa shape index (κ2) is 47.4. The lowest BCUT2D eigenvalue weighted by Gasteiger charge is -2.38. The van der Waals surface area contributed by atoms with E-state index in [9.17, 15) is 39.0 Å². The number of rotatable bonds is 30. The molecule has 4 fully saturated rings. The number of benzene rings is 2. The summed E-state index contributed by atoms with van der Waals surface area (Å²) in [4.78, 5) is 104. The van der Waals surface area contributed by atoms with Crippen LogP contribution in [0.25, 0.3) is 33.4 Å². The molecule has 0 spiro atoms. The maximum absolute atomic E-state index is 14.6. The highest BCUT2D eigenvalue weighted by atomic mass is 16.6. The standard InChI is InChI=1S/C90H129N11O20/c1-59-14-9-8-10-15-60(2)79(110-6)54-69-16-13-18-78(118-69)84(106)87(107)100-29-12-11-17-72(100)88(108)119-70(53-73(102)62(4)49-63(5)75(104)55-74(103)61(3)48-59)24-20-64-21-25-77(80(51-64)111-7)121-90(109)98-33-31-97(32-34-98)35-37-113-39-41-115-43-45-117-47-46-116-44-42-114-40-38-112-36-28-81(105)99-30-27-66-50-65(19-22-68(66)57-99)56-101-86-82(85(91)93-58-94-86)83(96-101)67-23-26-76-71(52-67)95-89(92)120-76/h8-10,14-15,19,22-23,26,49-50,52,58-59,61-62,64,69-70,72-73,75,77-80,102,104H,11-13,16-18,20-21,24-25,27-48,51,53-57H2,1-7H3,(H2,92,95)(H2,91,93,94)/b10-8+,14-9+,60-15+,63-49+/t59-,61-,62-,64-,69?,70-,72+,73-,75+,77-,78?,79+,80-/m1/s1. The normalized spacial score (nSPS) is 27.2. The summed E-state index contributed by atoms with van der Waals surface area (Å²) in [5.74, 6) is -2.36. The van der Waals surface area contributed by atoms with Gasteiger partial charge in [0.05, 0.1) is 128 Å². The fraction of sp³-hybridized carbons (Fsp3) is 0.644. The summed E-state index contributed by atoms with van der Waals surface area (Å²) in [5, 5.41) is 28.8. The first-order valence-corrected chi connectivity index (χ1v) is 43.6. The number of aromatic nitrogens is 5. The maximum Gasteiger partial charge on any atom is 0.410 e. The minimum atomic E-state index is -1.05. The van der Waals surface area contributed by atoms with Gasteiger partial charge in [0.1, 0.15) is 53.5 Å². The Kier molecular flexibility index (Phi) is 36.6. The zero-order chi connectivity index (χ0) is 85.7. The van der Waals surface area contributed by atoms with Crippen molar-refractivity contribution in [2.45, 2.75) is 212 Å². The number of aliphatic hydroxyl groups is 2. The number of methoxy groups -OCH3 is 2. The molecule has 664 valence electrons. The van der Waals surface area contributed by atoms with Crippen molar-refractivity contribution in [3.05, 3.63) is 107 Å². The van der Waals surface area contributed by atoms with Gasteiger partial charge in [-0.25, -0.2) is 24.2 Å². The van der Waals surface area contributed by atoms with Gasteiger partial charge in [-0.2, -0.15) is 10.1 Å². The molecule has 3 aromatic heterocycles. The van der Waals surface area contributed by atoms with Crippen molar-refractivity contribution >= 4 is 69.4 Å². The molecule has 5 aromatic rings. The van der Waals surface area contributed by atoms with E-state index in [0.717, 1.165) is 28.7 Å². The van der Waals surface area contributed by atoms with Crippen LogP contribution in [-0.4, -0.2) is 284 Å². The number of carbonyl (C=O) groups excluding carboxylic acids is 6. The highest BCUT2D eigenvalue weighted by Crippen LogP contribution is 2.37. The number of hydrogen-bond donors (Lipinski definition) is 4. The van der Waals surface area contributed by atoms with Crippen molar-refractivity contribution in [1.82, 2.24) is 44.3 Å². The van der Waals surface area contributed by atoms with Gasteiger partial charge in [0.25, 0.3) is 11.9 Å². The predicted octanol–water partition coefficient (Wildman–Crippen LogP) is 9.53. The fourth-order valence-electron chi connectivity index (χ4n) is 17.1. The van der Waals surface area contributed by atoms with Gasteiger partial charge >= 0.3 is 12.1 Å². The zero-order valence-corrected chi connectivity index (χ0v) is 71.8. The van der Waals surface area contributed by atoms with Gasteiger partial charge in [0.15, 0.2) is 11.2 Å². The topological polar surface area (TPSA) is 379 Å². The molecule has 3 saturated heterocycles. The molecule has 2 aromatic carbocycles. The van der Waals surface area contributed by atoms with Crippen LogP contribution in [0.2, 0.25) is 0 Å². The molecule has 6 N–H and O–H groups in total. The molecule has 11 rings (SSSR count). The summed E-state index contributed by atoms with van der Waals surface area (Å²) in [6.07, 6.45) is 15.7. The smallest absolute Gasteiger partial charge is 0.410 e. The van der Waals surface area contributed by atoms with Crippen LogP contribution < -0.4 is 11.5 Å². The number of ether oxygens (including phenoxy) is 11. The van der Waals surface area contributed by atoms with E-state index in [1.165, 1.54) is 16.8 Å². The number of amides is 3. The second-order valence-electron chi connectivity index (χ2n) is 33.2. The number of hydrogen-bond acceptors (Lipinski definition) is 27. The number of carbonyl (C=O) groups is 6. The number of nitrogens with zero attached hydrogens (tertiary/aromatic N) is 9. The van der Waals surface area contributed by atoms with Crippen molar-refractivity contribution in [2.24, 2.45) is 23.7 Å². The number of anilines is 2. The average Bonchev–Trinajstić information content (AvgIpc) is 1.60. The summed E-state index contributed by atoms with van der Waals surface area (Å²) in [6.45, 7) is 19.3. The number of aliphatic hydroxyl groups excluding tert-OH is 2. The van der Waals surface area contributed by atoms with Crippen molar-refractivity contribution in [3.8, 4) is 11.3 Å². The number of allylic oxidation sites excluding steroid dienone is 5. The molecule has 5 aliphatic heterocycles. The predicted molar refractivity (Wildman–Crippen MR) is 453 cm³/mol. The number of oxazole rings is 1. The van der Waals surface area contributed by atoms with Crippen LogP contribution in [0, 0.1) is 23.7 Å². The summed E-state index contributed by atoms with van der Waals surface area (Å²) < 4.78 is 72.4. The Morgan fingerprint density at radius 3 is 2.13 bits per heavy atom. The van der Waals surface area contributed by atoms with Gasteiger partial charge in [-0.1, -0.05) is 75.4 Å². The monoisotopic (exact) mass is 1680 g/mol. The number of ketones is 2. The third-order valence-corrected chi connectivity index (χ3v) is 24.3. The Hall–Kier alpha value is -8.44. The van der Waals surface area contributed by atoms with Gasteiger partial charge in [-0.3, -0.25) is 24.1 Å². The van der Waals surface area contributed by atoms with Crippen molar-refractivity contribution in [2.75, 3.05) is 151 Å². The lowest BCUT2D eigenvalue weighted by molar-refractivity contribution is -0.167. The number of piperidine rings is 1. The van der Waals surface area contributed by atoms with Crippen molar-refractivity contribution in [3.63, 3.8) is 0 Å². The molecular weight excluding hydrogens is 1560 g/mol. The van der Waals surface area contributed by atoms with Crippen LogP contribution in [0.3, 0.4) is 0 Å². The molecule has 2 bridgehead atoms. The third kappa shape index (κ3) is 27.5. The van der Waals surface area contributed by atoms with E-state index in [2.05, 4.69) is 51.1 Å². The Bertz CT molecular complexity index is 4310. The number of nitrogen functional groups attached to an aromatic ring is 2. The summed E-state index contributed by atoms with van der Waals surface area (Å²) >= 11 is 0. The summed E-state index contributed by atoms with van der Waals surface area (Å²) in [6, 6.07) is 10.9. The molecule has 6 aliphatic rings. The Balaban J connectivity index is 0.522. The second-order valence-corrected chi connectivity index (χ2v) is 33.2. The maximum atomic E-state index is 14.6. The molecule has 1 saturated carbocycles. The van der Waals surface area contributed by atoms with Crippen LogP contribution in [-0.2, 0) is 95.6 Å². The highest BCUT2D eigenvalue weighted by Gasteiger charge is 2.43. The van der Waals surface area contributed by atoms with Crippen molar-refractivity contribution < 1.29 is 95.5 Å². The van der Waals surface area contributed by atoms with Crippen LogP contribution >= 0.6 is 0 Å². The molecule has 0 radical (unpaired) electrons. The highest BCUT2D eigenvalue weighted by molar-refractivity contribution is 6.38. The van der Waals surface area contributed by atoms with E-state index in [-0.39, 0.29) is 85.7 Å². The molecule has 13 atom stereocenters. The van der Waals surface area contributed by atoms with Gasteiger partial charge in [0.2, 0.25) is 11.7 Å². The Labute approximate surface area is 710 Å². The van der Waals surface area contributed by atoms with Crippen LogP contribution in [0.1, 0.15) is 154 Å². The molecule has 121 heavy (non-hydrogen) atoms. The first-order valence-electron chi connectivity index (χ1n) is 43.6. The van der Waals surface area contributed by atoms with E-state index in [1.54, 1.807) is 38.2 Å². The van der Waals surface area contributed by atoms with E-state index in [4.69, 9.17) is 73.1 Å². The van der Waals surface area contributed by atoms with Crippen LogP contribution in [0.15, 0.2) is 94.7 Å². The number of piperazine rings is 1. The number of fused-ring (bicyclic) bond motifs is 6. The molecule has 1 aliphatic carbocycles. The molecule has 3 amide bonds. The quantitative estimate of drug-likeness (QED) is 0.0144. The zero-order valence-electron chi connectivity index (χ0n) is 71.8. The van der Waals surface area contributed by atoms with E-state index < -0.39 is 60.1 Å². The minimum Gasteiger partial charge on any atom is -0.461 e. The Morgan fingerprint density at radius 2 is 1.40 bits per heavy atom. The molecule has 31 heteroatoms. The first kappa shape index (κ1) is 93.3. The third-order valence-electron chi connectivity index (χ3n) is 24.3. The van der Waals surface area contributed by atoms with Crippen molar-refractivity contribution in [1.29, 1.82) is 0 Å². The number of esters is 1. The van der Waals surface area contributed by atoms with Gasteiger partial charge in [-0.15, -0.1) is 0 Å². The lowest BCUT2D eigenvalue weighted by Crippen LogP contribution is -2.54. The fourth-order valence-corrected chi connectivity index (χ4v) is 17.1. The molecule has 31 nitrogen and oxygen atoms in total. The molecular formula is C90H129N11O20. The first-order chi connectivity index (χ1) is 58.6. The number of cyclic esters (lactones) is 1. The lowest BCUT2D eigenvalue weighted by atomic mass is 9.81. The van der Waals surface area contributed by atoms with Gasteiger partial charge in [0, 0.05) is 103 Å². The SMILES string of the molecule is CO[C@H]1CC2CCCC(O2)C(=O)C(=O)N2CCCC[C@H]2C(=O)O[C@H](CC[C@@H]2CC[C@@H](OC(=O)N3CCN(CCOCCOCCOCCOCCOCCOCCC(=O)N4CCc5cc(Cn6nc(-c7ccc8oc(N)nc8c7)c7c(N)ncnc76)ccc5C4)CC3)[C@H](OC)C2)C[C@@H](O)[C@H](C)/C=C(\C)[C@@H](O)CC(=O)[C@H](C)C[C@H](C)/C=C/C=C/C=C/1C. The largest absolute Gasteiger partial charge is 0.461 e. The molecule has 8 heterocycles.